The third-order valence-electron chi connectivity index (χ3n) is 3.58. The quantitative estimate of drug-likeness (QED) is 0.918. The van der Waals surface area contributed by atoms with Crippen molar-refractivity contribution in [3.8, 4) is 17.2 Å². The normalized spacial score (nSPS) is 11.9. The van der Waals surface area contributed by atoms with E-state index in [4.69, 9.17) is 19.9 Å². The molecule has 0 saturated heterocycles. The molecule has 0 aromatic heterocycles. The van der Waals surface area contributed by atoms with E-state index in [1.807, 2.05) is 43.3 Å². The average molecular weight is 287 g/mol. The molecule has 2 aromatic carbocycles. The molecule has 112 valence electrons. The maximum absolute atomic E-state index is 6.43. The van der Waals surface area contributed by atoms with Gasteiger partial charge < -0.3 is 19.9 Å². The predicted molar refractivity (Wildman–Crippen MR) is 83.3 cm³/mol. The number of methoxy groups -OCH3 is 3. The van der Waals surface area contributed by atoms with Crippen LogP contribution >= 0.6 is 0 Å². The molecule has 0 fully saturated rings. The Bertz CT molecular complexity index is 625. The summed E-state index contributed by atoms with van der Waals surface area (Å²) in [5.41, 5.74) is 9.40. The van der Waals surface area contributed by atoms with Crippen LogP contribution in [0.25, 0.3) is 0 Å². The highest BCUT2D eigenvalue weighted by Crippen LogP contribution is 2.36. The molecule has 1 atom stereocenters. The minimum Gasteiger partial charge on any atom is -0.496 e. The summed E-state index contributed by atoms with van der Waals surface area (Å²) in [6.45, 7) is 2.01. The molecule has 0 spiro atoms. The fraction of sp³-hybridized carbons (Fsp3) is 0.294. The van der Waals surface area contributed by atoms with Gasteiger partial charge in [-0.25, -0.2) is 0 Å². The number of rotatable bonds is 5. The SMILES string of the molecule is COc1cc(C)c(C(N)c2ccccc2OC)cc1OC. The second-order valence-corrected chi connectivity index (χ2v) is 4.78. The van der Waals surface area contributed by atoms with Crippen molar-refractivity contribution in [2.24, 2.45) is 5.73 Å². The summed E-state index contributed by atoms with van der Waals surface area (Å²) in [6.07, 6.45) is 0. The first-order valence-corrected chi connectivity index (χ1v) is 6.73. The van der Waals surface area contributed by atoms with Crippen LogP contribution in [0.1, 0.15) is 22.7 Å². The molecule has 0 saturated carbocycles. The van der Waals surface area contributed by atoms with Gasteiger partial charge in [-0.2, -0.15) is 0 Å². The van der Waals surface area contributed by atoms with E-state index in [9.17, 15) is 0 Å². The molecule has 1 unspecified atom stereocenters. The van der Waals surface area contributed by atoms with Crippen LogP contribution in [0.3, 0.4) is 0 Å². The standard InChI is InChI=1S/C17H21NO3/c1-11-9-15(20-3)16(21-4)10-13(11)17(18)12-7-5-6-8-14(12)19-2/h5-10,17H,18H2,1-4H3. The van der Waals surface area contributed by atoms with Gasteiger partial charge in [-0.05, 0) is 36.2 Å². The third-order valence-corrected chi connectivity index (χ3v) is 3.58. The lowest BCUT2D eigenvalue weighted by Crippen LogP contribution is -2.14. The van der Waals surface area contributed by atoms with Crippen LogP contribution in [0.2, 0.25) is 0 Å². The summed E-state index contributed by atoms with van der Waals surface area (Å²) in [5, 5.41) is 0. The number of para-hydroxylation sites is 1. The highest BCUT2D eigenvalue weighted by molar-refractivity contribution is 5.51. The number of ether oxygens (including phenoxy) is 3. The van der Waals surface area contributed by atoms with Crippen LogP contribution in [0.4, 0.5) is 0 Å². The Morgan fingerprint density at radius 3 is 2.00 bits per heavy atom. The summed E-state index contributed by atoms with van der Waals surface area (Å²) in [4.78, 5) is 0. The molecule has 0 aliphatic carbocycles. The van der Waals surface area contributed by atoms with Crippen LogP contribution in [0.15, 0.2) is 36.4 Å². The first kappa shape index (κ1) is 15.2. The molecule has 0 bridgehead atoms. The Morgan fingerprint density at radius 1 is 0.810 bits per heavy atom. The van der Waals surface area contributed by atoms with Crippen LogP contribution in [0, 0.1) is 6.92 Å². The second kappa shape index (κ2) is 6.50. The summed E-state index contributed by atoms with van der Waals surface area (Å²) < 4.78 is 16.1. The Kier molecular flexibility index (Phi) is 4.70. The molecule has 2 N–H and O–H groups in total. The van der Waals surface area contributed by atoms with E-state index in [2.05, 4.69) is 0 Å². The van der Waals surface area contributed by atoms with Gasteiger partial charge in [0, 0.05) is 5.56 Å². The van der Waals surface area contributed by atoms with Crippen LogP contribution in [-0.4, -0.2) is 21.3 Å². The molecule has 0 aliphatic heterocycles. The third kappa shape index (κ3) is 2.95. The second-order valence-electron chi connectivity index (χ2n) is 4.78. The highest BCUT2D eigenvalue weighted by atomic mass is 16.5. The fourth-order valence-corrected chi connectivity index (χ4v) is 2.42. The summed E-state index contributed by atoms with van der Waals surface area (Å²) in [6, 6.07) is 11.3. The van der Waals surface area contributed by atoms with E-state index in [-0.39, 0.29) is 6.04 Å². The zero-order valence-corrected chi connectivity index (χ0v) is 12.8. The van der Waals surface area contributed by atoms with Gasteiger partial charge in [-0.15, -0.1) is 0 Å². The van der Waals surface area contributed by atoms with Gasteiger partial charge in [0.05, 0.1) is 27.4 Å². The Morgan fingerprint density at radius 2 is 1.38 bits per heavy atom. The largest absolute Gasteiger partial charge is 0.496 e. The molecule has 0 amide bonds. The van der Waals surface area contributed by atoms with Crippen LogP contribution in [0.5, 0.6) is 17.2 Å². The smallest absolute Gasteiger partial charge is 0.161 e. The highest BCUT2D eigenvalue weighted by Gasteiger charge is 2.18. The van der Waals surface area contributed by atoms with E-state index in [0.29, 0.717) is 11.5 Å². The molecule has 0 heterocycles. The van der Waals surface area contributed by atoms with Gasteiger partial charge in [0.2, 0.25) is 0 Å². The van der Waals surface area contributed by atoms with Gasteiger partial charge in [0.1, 0.15) is 5.75 Å². The van der Waals surface area contributed by atoms with E-state index >= 15 is 0 Å². The molecule has 4 nitrogen and oxygen atoms in total. The molecule has 0 radical (unpaired) electrons. The number of hydrogen-bond donors (Lipinski definition) is 1. The number of nitrogens with two attached hydrogens (primary N) is 1. The molecular weight excluding hydrogens is 266 g/mol. The van der Waals surface area contributed by atoms with Crippen molar-refractivity contribution in [1.29, 1.82) is 0 Å². The molecule has 0 aliphatic rings. The molecule has 2 rings (SSSR count). The maximum atomic E-state index is 6.43. The first-order chi connectivity index (χ1) is 10.1. The zero-order valence-electron chi connectivity index (χ0n) is 12.8. The topological polar surface area (TPSA) is 53.7 Å². The Hall–Kier alpha value is -2.20. The minimum absolute atomic E-state index is 0.291. The van der Waals surface area contributed by atoms with Gasteiger partial charge in [0.25, 0.3) is 0 Å². The van der Waals surface area contributed by atoms with Crippen molar-refractivity contribution < 1.29 is 14.2 Å². The fourth-order valence-electron chi connectivity index (χ4n) is 2.42. The van der Waals surface area contributed by atoms with Crippen molar-refractivity contribution in [2.75, 3.05) is 21.3 Å². The van der Waals surface area contributed by atoms with Gasteiger partial charge in [-0.1, -0.05) is 18.2 Å². The van der Waals surface area contributed by atoms with E-state index in [0.717, 1.165) is 22.4 Å². The number of aryl methyl sites for hydroxylation is 1. The maximum Gasteiger partial charge on any atom is 0.161 e. The van der Waals surface area contributed by atoms with Gasteiger partial charge in [0.15, 0.2) is 11.5 Å². The predicted octanol–water partition coefficient (Wildman–Crippen LogP) is 3.07. The van der Waals surface area contributed by atoms with E-state index in [1.54, 1.807) is 21.3 Å². The van der Waals surface area contributed by atoms with E-state index in [1.165, 1.54) is 0 Å². The first-order valence-electron chi connectivity index (χ1n) is 6.73. The van der Waals surface area contributed by atoms with Crippen molar-refractivity contribution >= 4 is 0 Å². The van der Waals surface area contributed by atoms with Gasteiger partial charge >= 0.3 is 0 Å². The summed E-state index contributed by atoms with van der Waals surface area (Å²) in [5.74, 6) is 2.15. The van der Waals surface area contributed by atoms with Crippen LogP contribution in [-0.2, 0) is 0 Å². The van der Waals surface area contributed by atoms with Crippen molar-refractivity contribution in [3.63, 3.8) is 0 Å². The number of hydrogen-bond acceptors (Lipinski definition) is 4. The molecule has 4 heteroatoms. The van der Waals surface area contributed by atoms with Crippen molar-refractivity contribution in [2.45, 2.75) is 13.0 Å². The zero-order chi connectivity index (χ0) is 15.4. The molecular formula is C17H21NO3. The molecule has 2 aromatic rings. The van der Waals surface area contributed by atoms with Gasteiger partial charge in [-0.3, -0.25) is 0 Å². The lowest BCUT2D eigenvalue weighted by Gasteiger charge is -2.20. The Labute approximate surface area is 125 Å². The average Bonchev–Trinajstić information content (AvgIpc) is 2.53. The van der Waals surface area contributed by atoms with Crippen LogP contribution < -0.4 is 19.9 Å². The Balaban J connectivity index is 2.50. The monoisotopic (exact) mass is 287 g/mol. The summed E-state index contributed by atoms with van der Waals surface area (Å²) >= 11 is 0. The molecule has 21 heavy (non-hydrogen) atoms. The lowest BCUT2D eigenvalue weighted by atomic mass is 9.94. The summed E-state index contributed by atoms with van der Waals surface area (Å²) in [7, 11) is 4.88. The number of benzene rings is 2. The van der Waals surface area contributed by atoms with Crippen molar-refractivity contribution in [1.82, 2.24) is 0 Å². The van der Waals surface area contributed by atoms with Crippen molar-refractivity contribution in [3.05, 3.63) is 53.1 Å². The van der Waals surface area contributed by atoms with E-state index < -0.39 is 0 Å². The minimum atomic E-state index is -0.291. The lowest BCUT2D eigenvalue weighted by molar-refractivity contribution is 0.354.